The van der Waals surface area contributed by atoms with Crippen LogP contribution in [0, 0.1) is 5.92 Å². The molecule has 0 bridgehead atoms. The van der Waals surface area contributed by atoms with Gasteiger partial charge in [-0.15, -0.1) is 0 Å². The maximum absolute atomic E-state index is 11.0. The molecule has 2 heterocycles. The molecule has 0 saturated heterocycles. The number of benzene rings is 1. The van der Waals surface area contributed by atoms with E-state index in [2.05, 4.69) is 15.5 Å². The summed E-state index contributed by atoms with van der Waals surface area (Å²) >= 11 is 0. The lowest BCUT2D eigenvalue weighted by Gasteiger charge is -2.11. The number of hydrogen-bond acceptors (Lipinski definition) is 7. The molecule has 142 valence electrons. The van der Waals surface area contributed by atoms with Crippen LogP contribution in [-0.2, 0) is 4.79 Å². The molecule has 1 aliphatic rings. The van der Waals surface area contributed by atoms with Crippen molar-refractivity contribution in [3.63, 3.8) is 0 Å². The normalized spacial score (nSPS) is 14.9. The second kappa shape index (κ2) is 7.30. The predicted molar refractivity (Wildman–Crippen MR) is 96.5 cm³/mol. The smallest absolute Gasteiger partial charge is 0.267 e. The Labute approximate surface area is 155 Å². The zero-order chi connectivity index (χ0) is 18.8. The number of carbonyl (C=O) groups excluding carboxylic acids is 1. The van der Waals surface area contributed by atoms with Crippen LogP contribution in [0.4, 0.5) is 0 Å². The van der Waals surface area contributed by atoms with Gasteiger partial charge in [-0.3, -0.25) is 4.79 Å². The van der Waals surface area contributed by atoms with E-state index in [-0.39, 0.29) is 18.6 Å². The molecule has 8 nitrogen and oxygen atoms in total. The zero-order valence-electron chi connectivity index (χ0n) is 15.2. The van der Waals surface area contributed by atoms with Crippen molar-refractivity contribution in [3.8, 4) is 23.3 Å². The summed E-state index contributed by atoms with van der Waals surface area (Å²) in [5.74, 6) is 2.34. The maximum atomic E-state index is 11.0. The molecule has 1 atom stereocenters. The first-order valence-electron chi connectivity index (χ1n) is 8.97. The summed E-state index contributed by atoms with van der Waals surface area (Å²) in [5.41, 5.74) is 1.33. The monoisotopic (exact) mass is 371 g/mol. The Morgan fingerprint density at radius 1 is 1.33 bits per heavy atom. The highest BCUT2D eigenvalue weighted by atomic mass is 16.5. The molecular weight excluding hydrogens is 350 g/mol. The fraction of sp³-hybridized carbons (Fsp3) is 0.421. The SMILES string of the molecule is CC(=O)N[C@@H](C)COc1cc(-c2nc3ccc(OCC4CC4)cc3o2)on1. The molecule has 0 radical (unpaired) electrons. The molecule has 0 spiro atoms. The molecular formula is C19H21N3O5. The molecule has 1 saturated carbocycles. The largest absolute Gasteiger partial charge is 0.493 e. The average Bonchev–Trinajstić information content (AvgIpc) is 3.17. The summed E-state index contributed by atoms with van der Waals surface area (Å²) in [7, 11) is 0. The molecule has 2 aromatic heterocycles. The van der Waals surface area contributed by atoms with Gasteiger partial charge in [-0.25, -0.2) is 4.98 Å². The van der Waals surface area contributed by atoms with Crippen molar-refractivity contribution in [2.75, 3.05) is 13.2 Å². The number of amides is 1. The van der Waals surface area contributed by atoms with Crippen molar-refractivity contribution in [1.82, 2.24) is 15.5 Å². The van der Waals surface area contributed by atoms with Crippen molar-refractivity contribution >= 4 is 17.0 Å². The number of ether oxygens (including phenoxy) is 2. The highest BCUT2D eigenvalue weighted by Gasteiger charge is 2.22. The van der Waals surface area contributed by atoms with E-state index in [1.807, 2.05) is 25.1 Å². The van der Waals surface area contributed by atoms with Gasteiger partial charge in [0.1, 0.15) is 17.9 Å². The first kappa shape index (κ1) is 17.4. The van der Waals surface area contributed by atoms with Crippen molar-refractivity contribution in [2.24, 2.45) is 5.92 Å². The molecule has 0 unspecified atom stereocenters. The van der Waals surface area contributed by atoms with Gasteiger partial charge in [-0.2, -0.15) is 0 Å². The number of nitrogens with one attached hydrogen (secondary N) is 1. The first-order chi connectivity index (χ1) is 13.1. The topological polar surface area (TPSA) is 99.6 Å². The van der Waals surface area contributed by atoms with Crippen LogP contribution in [-0.4, -0.2) is 35.3 Å². The van der Waals surface area contributed by atoms with Crippen LogP contribution >= 0.6 is 0 Å². The summed E-state index contributed by atoms with van der Waals surface area (Å²) in [4.78, 5) is 15.4. The number of rotatable bonds is 8. The second-order valence-corrected chi connectivity index (χ2v) is 6.84. The zero-order valence-corrected chi connectivity index (χ0v) is 15.2. The fourth-order valence-electron chi connectivity index (χ4n) is 2.63. The maximum Gasteiger partial charge on any atom is 0.267 e. The number of aromatic nitrogens is 2. The number of carbonyl (C=O) groups is 1. The summed E-state index contributed by atoms with van der Waals surface area (Å²) < 4.78 is 22.3. The third-order valence-electron chi connectivity index (χ3n) is 4.17. The number of hydrogen-bond donors (Lipinski definition) is 1. The number of oxazole rings is 1. The van der Waals surface area contributed by atoms with Gasteiger partial charge in [0.05, 0.1) is 18.7 Å². The minimum atomic E-state index is -0.138. The van der Waals surface area contributed by atoms with E-state index in [0.717, 1.165) is 12.4 Å². The Balaban J connectivity index is 1.42. The van der Waals surface area contributed by atoms with E-state index in [9.17, 15) is 4.79 Å². The van der Waals surface area contributed by atoms with Crippen molar-refractivity contribution in [2.45, 2.75) is 32.7 Å². The van der Waals surface area contributed by atoms with Gasteiger partial charge in [0.15, 0.2) is 5.58 Å². The Morgan fingerprint density at radius 3 is 2.96 bits per heavy atom. The minimum absolute atomic E-state index is 0.112. The second-order valence-electron chi connectivity index (χ2n) is 6.84. The Morgan fingerprint density at radius 2 is 2.19 bits per heavy atom. The molecule has 1 fully saturated rings. The van der Waals surface area contributed by atoms with E-state index < -0.39 is 0 Å². The molecule has 27 heavy (non-hydrogen) atoms. The van der Waals surface area contributed by atoms with Crippen molar-refractivity contribution in [1.29, 1.82) is 0 Å². The Kier molecular flexibility index (Phi) is 4.70. The standard InChI is InChI=1S/C19H21N3O5/c1-11(20-12(2)23)9-25-18-8-17(27-22-18)19-21-15-6-5-14(7-16(15)26-19)24-10-13-3-4-13/h5-8,11,13H,3-4,9-10H2,1-2H3,(H,20,23)/t11-/m0/s1. The van der Waals surface area contributed by atoms with Crippen LogP contribution in [0.5, 0.6) is 11.6 Å². The molecule has 1 N–H and O–H groups in total. The molecule has 1 amide bonds. The van der Waals surface area contributed by atoms with Crippen LogP contribution in [0.25, 0.3) is 22.8 Å². The highest BCUT2D eigenvalue weighted by molar-refractivity contribution is 5.77. The summed E-state index contributed by atoms with van der Waals surface area (Å²) in [6.07, 6.45) is 2.49. The van der Waals surface area contributed by atoms with E-state index >= 15 is 0 Å². The van der Waals surface area contributed by atoms with Gasteiger partial charge in [-0.1, -0.05) is 0 Å². The quantitative estimate of drug-likeness (QED) is 0.649. The van der Waals surface area contributed by atoms with Crippen LogP contribution in [0.15, 0.2) is 33.2 Å². The van der Waals surface area contributed by atoms with E-state index in [1.54, 1.807) is 6.07 Å². The van der Waals surface area contributed by atoms with Gasteiger partial charge in [0, 0.05) is 13.0 Å². The van der Waals surface area contributed by atoms with Gasteiger partial charge >= 0.3 is 0 Å². The number of fused-ring (bicyclic) bond motifs is 1. The molecule has 0 aliphatic heterocycles. The van der Waals surface area contributed by atoms with E-state index in [0.29, 0.717) is 34.5 Å². The lowest BCUT2D eigenvalue weighted by atomic mass is 10.3. The third kappa shape index (κ3) is 4.39. The fourth-order valence-corrected chi connectivity index (χ4v) is 2.63. The van der Waals surface area contributed by atoms with Crippen molar-refractivity contribution in [3.05, 3.63) is 24.3 Å². The molecule has 1 aliphatic carbocycles. The molecule has 1 aromatic carbocycles. The van der Waals surface area contributed by atoms with Gasteiger partial charge < -0.3 is 23.7 Å². The lowest BCUT2D eigenvalue weighted by molar-refractivity contribution is -0.119. The average molecular weight is 371 g/mol. The molecule has 4 rings (SSSR count). The minimum Gasteiger partial charge on any atom is -0.493 e. The van der Waals surface area contributed by atoms with E-state index in [4.69, 9.17) is 18.4 Å². The Hall–Kier alpha value is -3.03. The summed E-state index contributed by atoms with van der Waals surface area (Å²) in [6, 6.07) is 7.04. The van der Waals surface area contributed by atoms with E-state index in [1.165, 1.54) is 19.8 Å². The summed E-state index contributed by atoms with van der Waals surface area (Å²) in [5, 5.41) is 6.58. The van der Waals surface area contributed by atoms with Crippen LogP contribution in [0.2, 0.25) is 0 Å². The Bertz CT molecular complexity index is 944. The molecule has 8 heteroatoms. The van der Waals surface area contributed by atoms with Crippen LogP contribution in [0.3, 0.4) is 0 Å². The van der Waals surface area contributed by atoms with Gasteiger partial charge in [0.2, 0.25) is 11.7 Å². The predicted octanol–water partition coefficient (Wildman–Crippen LogP) is 3.18. The van der Waals surface area contributed by atoms with Gasteiger partial charge in [-0.05, 0) is 43.0 Å². The third-order valence-corrected chi connectivity index (χ3v) is 4.17. The van der Waals surface area contributed by atoms with Crippen LogP contribution < -0.4 is 14.8 Å². The van der Waals surface area contributed by atoms with Crippen LogP contribution in [0.1, 0.15) is 26.7 Å². The molecule has 3 aromatic rings. The number of nitrogens with zero attached hydrogens (tertiary/aromatic N) is 2. The first-order valence-corrected chi connectivity index (χ1v) is 8.97. The van der Waals surface area contributed by atoms with Gasteiger partial charge in [0.25, 0.3) is 11.8 Å². The van der Waals surface area contributed by atoms with Crippen molar-refractivity contribution < 1.29 is 23.2 Å². The lowest BCUT2D eigenvalue weighted by Crippen LogP contribution is -2.35. The highest BCUT2D eigenvalue weighted by Crippen LogP contribution is 2.31. The summed E-state index contributed by atoms with van der Waals surface area (Å²) in [6.45, 7) is 4.32.